The summed E-state index contributed by atoms with van der Waals surface area (Å²) in [6, 6.07) is 18.1. The van der Waals surface area contributed by atoms with E-state index >= 15 is 0 Å². The maximum Gasteiger partial charge on any atom is 0.195 e. The second kappa shape index (κ2) is 7.88. The van der Waals surface area contributed by atoms with Crippen LogP contribution in [0.1, 0.15) is 12.7 Å². The first-order valence-corrected chi connectivity index (χ1v) is 9.04. The Bertz CT molecular complexity index is 771. The Kier molecular flexibility index (Phi) is 5.38. The molecule has 1 heterocycles. The number of anilines is 1. The van der Waals surface area contributed by atoms with Crippen molar-refractivity contribution in [3.63, 3.8) is 0 Å². The van der Waals surface area contributed by atoms with E-state index in [4.69, 9.17) is 4.74 Å². The molecule has 3 aromatic rings. The van der Waals surface area contributed by atoms with Gasteiger partial charge in [-0.25, -0.2) is 0 Å². The molecule has 2 aromatic carbocycles. The lowest BCUT2D eigenvalue weighted by Crippen LogP contribution is -2.08. The van der Waals surface area contributed by atoms with Crippen LogP contribution in [0.25, 0.3) is 5.69 Å². The Labute approximate surface area is 146 Å². The molecule has 6 heteroatoms. The summed E-state index contributed by atoms with van der Waals surface area (Å²) in [5.74, 6) is 1.75. The molecule has 0 atom stereocenters. The zero-order valence-electron chi connectivity index (χ0n) is 13.8. The van der Waals surface area contributed by atoms with Crippen molar-refractivity contribution in [2.45, 2.75) is 18.6 Å². The summed E-state index contributed by atoms with van der Waals surface area (Å²) in [4.78, 5) is 0. The van der Waals surface area contributed by atoms with E-state index in [1.807, 2.05) is 55.6 Å². The minimum atomic E-state index is 0.594. The molecule has 3 rings (SSSR count). The van der Waals surface area contributed by atoms with Gasteiger partial charge < -0.3 is 10.1 Å². The van der Waals surface area contributed by atoms with E-state index in [0.717, 1.165) is 28.1 Å². The molecule has 0 fully saturated rings. The van der Waals surface area contributed by atoms with Crippen molar-refractivity contribution in [3.05, 3.63) is 60.4 Å². The Morgan fingerprint density at radius 2 is 1.79 bits per heavy atom. The predicted octanol–water partition coefficient (Wildman–Crippen LogP) is 4.00. The van der Waals surface area contributed by atoms with Gasteiger partial charge in [0, 0.05) is 11.4 Å². The summed E-state index contributed by atoms with van der Waals surface area (Å²) < 4.78 is 7.54. The highest BCUT2D eigenvalue weighted by Crippen LogP contribution is 2.21. The number of aromatic nitrogens is 3. The van der Waals surface area contributed by atoms with E-state index < -0.39 is 0 Å². The van der Waals surface area contributed by atoms with Crippen LogP contribution in [0.2, 0.25) is 0 Å². The third-order valence-corrected chi connectivity index (χ3v) is 4.14. The number of rotatable bonds is 7. The van der Waals surface area contributed by atoms with Gasteiger partial charge in [-0.2, -0.15) is 0 Å². The van der Waals surface area contributed by atoms with Gasteiger partial charge in [0.1, 0.15) is 5.75 Å². The first-order valence-electron chi connectivity index (χ1n) is 7.82. The van der Waals surface area contributed by atoms with Gasteiger partial charge in [0.2, 0.25) is 0 Å². The van der Waals surface area contributed by atoms with Gasteiger partial charge in [0.15, 0.2) is 11.0 Å². The molecule has 0 aliphatic heterocycles. The quantitative estimate of drug-likeness (QED) is 0.659. The summed E-state index contributed by atoms with van der Waals surface area (Å²) in [5.41, 5.74) is 2.09. The average molecular weight is 340 g/mol. The molecule has 24 heavy (non-hydrogen) atoms. The fourth-order valence-electron chi connectivity index (χ4n) is 2.40. The van der Waals surface area contributed by atoms with Gasteiger partial charge in [-0.05, 0) is 49.6 Å². The van der Waals surface area contributed by atoms with Crippen molar-refractivity contribution >= 4 is 17.4 Å². The Morgan fingerprint density at radius 1 is 1.04 bits per heavy atom. The number of ether oxygens (including phenoxy) is 1. The van der Waals surface area contributed by atoms with Crippen molar-refractivity contribution in [2.24, 2.45) is 0 Å². The first-order chi connectivity index (χ1) is 11.8. The van der Waals surface area contributed by atoms with Crippen LogP contribution in [-0.2, 0) is 6.54 Å². The summed E-state index contributed by atoms with van der Waals surface area (Å²) >= 11 is 1.59. The second-order valence-corrected chi connectivity index (χ2v) is 5.86. The van der Waals surface area contributed by atoms with Gasteiger partial charge in [-0.1, -0.05) is 30.0 Å². The molecule has 0 unspecified atom stereocenters. The maximum absolute atomic E-state index is 5.46. The average Bonchev–Trinajstić information content (AvgIpc) is 3.05. The highest BCUT2D eigenvalue weighted by atomic mass is 32.2. The molecular formula is C18H20N4OS. The number of thioether (sulfide) groups is 1. The van der Waals surface area contributed by atoms with Crippen LogP contribution in [0.3, 0.4) is 0 Å². The third kappa shape index (κ3) is 3.71. The van der Waals surface area contributed by atoms with Gasteiger partial charge >= 0.3 is 0 Å². The lowest BCUT2D eigenvalue weighted by atomic mass is 10.3. The van der Waals surface area contributed by atoms with Crippen molar-refractivity contribution < 1.29 is 4.74 Å². The fourth-order valence-corrected chi connectivity index (χ4v) is 2.92. The topological polar surface area (TPSA) is 52.0 Å². The minimum absolute atomic E-state index is 0.594. The van der Waals surface area contributed by atoms with Gasteiger partial charge in [0.25, 0.3) is 0 Å². The predicted molar refractivity (Wildman–Crippen MR) is 98.1 cm³/mol. The zero-order chi connectivity index (χ0) is 16.8. The van der Waals surface area contributed by atoms with Crippen molar-refractivity contribution in [2.75, 3.05) is 18.2 Å². The standard InChI is InChI=1S/C18H20N4OS/c1-3-23-16-11-9-14(10-12-16)19-13-17-20-21-18(24-2)22(17)15-7-5-4-6-8-15/h4-12,19H,3,13H2,1-2H3. The molecule has 0 aliphatic rings. The highest BCUT2D eigenvalue weighted by molar-refractivity contribution is 7.98. The highest BCUT2D eigenvalue weighted by Gasteiger charge is 2.12. The van der Waals surface area contributed by atoms with Crippen LogP contribution >= 0.6 is 11.8 Å². The first kappa shape index (κ1) is 16.4. The molecule has 1 N–H and O–H groups in total. The van der Waals surface area contributed by atoms with Crippen LogP contribution in [0.5, 0.6) is 5.75 Å². The number of nitrogens with one attached hydrogen (secondary N) is 1. The lowest BCUT2D eigenvalue weighted by molar-refractivity contribution is 0.340. The zero-order valence-corrected chi connectivity index (χ0v) is 14.6. The summed E-state index contributed by atoms with van der Waals surface area (Å²) in [6.07, 6.45) is 2.01. The van der Waals surface area contributed by atoms with Crippen LogP contribution < -0.4 is 10.1 Å². The SMILES string of the molecule is CCOc1ccc(NCc2nnc(SC)n2-c2ccccc2)cc1. The van der Waals surface area contributed by atoms with Crippen LogP contribution in [0.4, 0.5) is 5.69 Å². The number of hydrogen-bond acceptors (Lipinski definition) is 5. The smallest absolute Gasteiger partial charge is 0.195 e. The van der Waals surface area contributed by atoms with E-state index in [2.05, 4.69) is 32.2 Å². The molecule has 5 nitrogen and oxygen atoms in total. The molecule has 0 spiro atoms. The maximum atomic E-state index is 5.46. The number of benzene rings is 2. The third-order valence-electron chi connectivity index (χ3n) is 3.51. The molecule has 124 valence electrons. The fraction of sp³-hybridized carbons (Fsp3) is 0.222. The monoisotopic (exact) mass is 340 g/mol. The van der Waals surface area contributed by atoms with E-state index in [1.165, 1.54) is 0 Å². The molecular weight excluding hydrogens is 320 g/mol. The number of para-hydroxylation sites is 1. The summed E-state index contributed by atoms with van der Waals surface area (Å²) in [7, 11) is 0. The Hall–Kier alpha value is -2.47. The Balaban J connectivity index is 1.77. The summed E-state index contributed by atoms with van der Waals surface area (Å²) in [5, 5.41) is 12.9. The van der Waals surface area contributed by atoms with E-state index in [9.17, 15) is 0 Å². The van der Waals surface area contributed by atoms with E-state index in [-0.39, 0.29) is 0 Å². The largest absolute Gasteiger partial charge is 0.494 e. The van der Waals surface area contributed by atoms with E-state index in [0.29, 0.717) is 13.2 Å². The molecule has 0 saturated carbocycles. The van der Waals surface area contributed by atoms with Gasteiger partial charge in [-0.3, -0.25) is 4.57 Å². The molecule has 0 aliphatic carbocycles. The van der Waals surface area contributed by atoms with Crippen molar-refractivity contribution in [3.8, 4) is 11.4 Å². The van der Waals surface area contributed by atoms with Crippen LogP contribution in [0.15, 0.2) is 59.8 Å². The van der Waals surface area contributed by atoms with Crippen molar-refractivity contribution in [1.29, 1.82) is 0 Å². The van der Waals surface area contributed by atoms with E-state index in [1.54, 1.807) is 11.8 Å². The number of nitrogens with zero attached hydrogens (tertiary/aromatic N) is 3. The minimum Gasteiger partial charge on any atom is -0.494 e. The normalized spacial score (nSPS) is 10.6. The molecule has 0 radical (unpaired) electrons. The Morgan fingerprint density at radius 3 is 2.46 bits per heavy atom. The second-order valence-electron chi connectivity index (χ2n) is 5.08. The van der Waals surface area contributed by atoms with Gasteiger partial charge in [-0.15, -0.1) is 10.2 Å². The number of hydrogen-bond donors (Lipinski definition) is 1. The van der Waals surface area contributed by atoms with Crippen LogP contribution in [0, 0.1) is 0 Å². The molecule has 1 aromatic heterocycles. The van der Waals surface area contributed by atoms with Crippen LogP contribution in [-0.4, -0.2) is 27.6 Å². The molecule has 0 saturated heterocycles. The lowest BCUT2D eigenvalue weighted by Gasteiger charge is -2.11. The summed E-state index contributed by atoms with van der Waals surface area (Å²) in [6.45, 7) is 3.24. The van der Waals surface area contributed by atoms with Crippen molar-refractivity contribution in [1.82, 2.24) is 14.8 Å². The molecule has 0 amide bonds. The van der Waals surface area contributed by atoms with Gasteiger partial charge in [0.05, 0.1) is 13.2 Å². The molecule has 0 bridgehead atoms.